The van der Waals surface area contributed by atoms with E-state index >= 15 is 0 Å². The first-order valence-electron chi connectivity index (χ1n) is 8.71. The first-order valence-corrected chi connectivity index (χ1v) is 11.0. The molecule has 0 radical (unpaired) electrons. The Balaban J connectivity index is 1.75. The largest absolute Gasteiger partial charge is 0.351 e. The average molecular weight is 419 g/mol. The van der Waals surface area contributed by atoms with Gasteiger partial charge < -0.3 is 5.32 Å². The van der Waals surface area contributed by atoms with Crippen molar-refractivity contribution in [2.75, 3.05) is 0 Å². The zero-order valence-electron chi connectivity index (χ0n) is 15.9. The van der Waals surface area contributed by atoms with Crippen LogP contribution in [-0.2, 0) is 27.9 Å². The molecule has 2 N–H and O–H groups in total. The Hall–Kier alpha value is -2.49. The minimum Gasteiger partial charge on any atom is -0.351 e. The van der Waals surface area contributed by atoms with Gasteiger partial charge >= 0.3 is 0 Å². The standard InChI is InChI=1S/C19H22N4O3S2/c1-13-18(14(2)23(22-13)16-7-5-4-6-8-16)12-21-28(25,26)19-10-9-17(27-19)11-20-15(3)24/h4-10,21H,11-12H2,1-3H3,(H,20,24). The second-order valence-electron chi connectivity index (χ2n) is 6.35. The van der Waals surface area contributed by atoms with Crippen molar-refractivity contribution in [3.05, 3.63) is 64.3 Å². The monoisotopic (exact) mass is 418 g/mol. The van der Waals surface area contributed by atoms with Crippen molar-refractivity contribution in [3.63, 3.8) is 0 Å². The molecule has 0 saturated carbocycles. The van der Waals surface area contributed by atoms with Gasteiger partial charge in [0.2, 0.25) is 15.9 Å². The quantitative estimate of drug-likeness (QED) is 0.617. The van der Waals surface area contributed by atoms with Crippen LogP contribution in [0, 0.1) is 13.8 Å². The van der Waals surface area contributed by atoms with Crippen molar-refractivity contribution in [3.8, 4) is 5.69 Å². The van der Waals surface area contributed by atoms with Gasteiger partial charge in [0, 0.05) is 29.6 Å². The van der Waals surface area contributed by atoms with E-state index in [9.17, 15) is 13.2 Å². The predicted octanol–water partition coefficient (Wildman–Crippen LogP) is 2.67. The van der Waals surface area contributed by atoms with Gasteiger partial charge in [-0.25, -0.2) is 17.8 Å². The summed E-state index contributed by atoms with van der Waals surface area (Å²) in [5.74, 6) is -0.155. The highest BCUT2D eigenvalue weighted by molar-refractivity contribution is 7.91. The zero-order valence-corrected chi connectivity index (χ0v) is 17.5. The van der Waals surface area contributed by atoms with Crippen LogP contribution >= 0.6 is 11.3 Å². The smallest absolute Gasteiger partial charge is 0.250 e. The van der Waals surface area contributed by atoms with Crippen LogP contribution in [0.1, 0.15) is 28.8 Å². The Bertz CT molecular complexity index is 1090. The molecule has 2 aromatic heterocycles. The summed E-state index contributed by atoms with van der Waals surface area (Å²) in [6.07, 6.45) is 0. The molecule has 28 heavy (non-hydrogen) atoms. The fraction of sp³-hybridized carbons (Fsp3) is 0.263. The van der Waals surface area contributed by atoms with Crippen LogP contribution in [0.4, 0.5) is 0 Å². The molecule has 0 spiro atoms. The van der Waals surface area contributed by atoms with Gasteiger partial charge in [-0.05, 0) is 38.1 Å². The highest BCUT2D eigenvalue weighted by Crippen LogP contribution is 2.23. The van der Waals surface area contributed by atoms with Crippen molar-refractivity contribution >= 4 is 27.3 Å². The molecule has 0 aliphatic heterocycles. The minimum absolute atomic E-state index is 0.155. The number of benzene rings is 1. The fourth-order valence-electron chi connectivity index (χ4n) is 2.80. The number of para-hydroxylation sites is 1. The Morgan fingerprint density at radius 2 is 1.82 bits per heavy atom. The molecule has 2 heterocycles. The highest BCUT2D eigenvalue weighted by Gasteiger charge is 2.19. The maximum atomic E-state index is 12.6. The predicted molar refractivity (Wildman–Crippen MR) is 109 cm³/mol. The van der Waals surface area contributed by atoms with Crippen LogP contribution < -0.4 is 10.0 Å². The normalized spacial score (nSPS) is 11.5. The number of nitrogens with one attached hydrogen (secondary N) is 2. The van der Waals surface area contributed by atoms with Crippen LogP contribution in [0.3, 0.4) is 0 Å². The van der Waals surface area contributed by atoms with Crippen LogP contribution in [0.25, 0.3) is 5.69 Å². The van der Waals surface area contributed by atoms with Gasteiger partial charge in [0.05, 0.1) is 17.9 Å². The zero-order chi connectivity index (χ0) is 20.3. The first-order chi connectivity index (χ1) is 13.3. The summed E-state index contributed by atoms with van der Waals surface area (Å²) >= 11 is 1.14. The third kappa shape index (κ3) is 4.49. The van der Waals surface area contributed by atoms with Gasteiger partial charge in [-0.2, -0.15) is 5.10 Å². The number of sulfonamides is 1. The Morgan fingerprint density at radius 1 is 1.11 bits per heavy atom. The van der Waals surface area contributed by atoms with Crippen molar-refractivity contribution in [1.29, 1.82) is 0 Å². The van der Waals surface area contributed by atoms with Gasteiger partial charge in [-0.15, -0.1) is 11.3 Å². The molecular weight excluding hydrogens is 396 g/mol. The minimum atomic E-state index is -3.65. The van der Waals surface area contributed by atoms with Crippen LogP contribution in [0.2, 0.25) is 0 Å². The van der Waals surface area contributed by atoms with Crippen LogP contribution in [0.15, 0.2) is 46.7 Å². The van der Waals surface area contributed by atoms with Gasteiger partial charge in [-0.1, -0.05) is 18.2 Å². The summed E-state index contributed by atoms with van der Waals surface area (Å²) in [5, 5.41) is 7.21. The highest BCUT2D eigenvalue weighted by atomic mass is 32.2. The second kappa shape index (κ2) is 8.26. The Kier molecular flexibility index (Phi) is 5.97. The summed E-state index contributed by atoms with van der Waals surface area (Å²) in [4.78, 5) is 11.8. The molecule has 0 unspecified atom stereocenters. The SMILES string of the molecule is CC(=O)NCc1ccc(S(=O)(=O)NCc2c(C)nn(-c3ccccc3)c2C)s1. The van der Waals surface area contributed by atoms with E-state index in [1.165, 1.54) is 6.92 Å². The topological polar surface area (TPSA) is 93.1 Å². The fourth-order valence-corrected chi connectivity index (χ4v) is 5.13. The molecule has 0 atom stereocenters. The number of carbonyl (C=O) groups excluding carboxylic acids is 1. The average Bonchev–Trinajstić information content (AvgIpc) is 3.25. The number of hydrogen-bond donors (Lipinski definition) is 2. The first kappa shape index (κ1) is 20.2. The lowest BCUT2D eigenvalue weighted by molar-refractivity contribution is -0.119. The maximum Gasteiger partial charge on any atom is 0.250 e. The number of aryl methyl sites for hydroxylation is 1. The van der Waals surface area contributed by atoms with E-state index < -0.39 is 10.0 Å². The van der Waals surface area contributed by atoms with Gasteiger partial charge in [0.15, 0.2) is 0 Å². The summed E-state index contributed by atoms with van der Waals surface area (Å²) in [5.41, 5.74) is 3.45. The summed E-state index contributed by atoms with van der Waals surface area (Å²) in [7, 11) is -3.65. The number of hydrogen-bond acceptors (Lipinski definition) is 5. The lowest BCUT2D eigenvalue weighted by atomic mass is 10.2. The molecule has 3 rings (SSSR count). The lowest BCUT2D eigenvalue weighted by Crippen LogP contribution is -2.23. The molecule has 1 amide bonds. The maximum absolute atomic E-state index is 12.6. The van der Waals surface area contributed by atoms with Crippen molar-refractivity contribution < 1.29 is 13.2 Å². The van der Waals surface area contributed by atoms with Crippen molar-refractivity contribution in [1.82, 2.24) is 19.8 Å². The van der Waals surface area contributed by atoms with Crippen molar-refractivity contribution in [2.24, 2.45) is 0 Å². The third-order valence-corrected chi connectivity index (χ3v) is 7.27. The third-order valence-electron chi connectivity index (χ3n) is 4.29. The molecule has 7 nitrogen and oxygen atoms in total. The van der Waals surface area contributed by atoms with Gasteiger partial charge in [0.1, 0.15) is 4.21 Å². The van der Waals surface area contributed by atoms with Crippen molar-refractivity contribution in [2.45, 2.75) is 38.1 Å². The molecule has 9 heteroatoms. The number of carbonyl (C=O) groups is 1. The van der Waals surface area contributed by atoms with Crippen LogP contribution in [-0.4, -0.2) is 24.1 Å². The van der Waals surface area contributed by atoms with E-state index in [4.69, 9.17) is 0 Å². The molecule has 0 bridgehead atoms. The number of nitrogens with zero attached hydrogens (tertiary/aromatic N) is 2. The molecule has 1 aromatic carbocycles. The molecule has 3 aromatic rings. The van der Waals surface area contributed by atoms with E-state index in [0.717, 1.165) is 38.9 Å². The van der Waals surface area contributed by atoms with E-state index in [0.29, 0.717) is 6.54 Å². The summed E-state index contributed by atoms with van der Waals surface area (Å²) in [6.45, 7) is 5.69. The summed E-state index contributed by atoms with van der Waals surface area (Å²) in [6, 6.07) is 13.0. The van der Waals surface area contributed by atoms with E-state index in [1.54, 1.807) is 12.1 Å². The molecule has 0 fully saturated rings. The van der Waals surface area contributed by atoms with E-state index in [-0.39, 0.29) is 16.7 Å². The van der Waals surface area contributed by atoms with Gasteiger partial charge in [0.25, 0.3) is 0 Å². The van der Waals surface area contributed by atoms with E-state index in [2.05, 4.69) is 15.1 Å². The Morgan fingerprint density at radius 3 is 2.50 bits per heavy atom. The number of rotatable bonds is 7. The molecule has 0 saturated heterocycles. The van der Waals surface area contributed by atoms with E-state index in [1.807, 2.05) is 48.9 Å². The Labute approximate surface area is 168 Å². The molecule has 0 aliphatic carbocycles. The second-order valence-corrected chi connectivity index (χ2v) is 9.51. The number of thiophene rings is 1. The lowest BCUT2D eigenvalue weighted by Gasteiger charge is -2.07. The summed E-state index contributed by atoms with van der Waals surface area (Å²) < 4.78 is 30.0. The molecule has 0 aliphatic rings. The molecule has 148 valence electrons. The van der Waals surface area contributed by atoms with Crippen LogP contribution in [0.5, 0.6) is 0 Å². The number of aromatic nitrogens is 2. The molecular formula is C19H22N4O3S2. The van der Waals surface area contributed by atoms with Gasteiger partial charge in [-0.3, -0.25) is 4.79 Å². The number of amides is 1.